The van der Waals surface area contributed by atoms with Gasteiger partial charge in [0.15, 0.2) is 11.6 Å². The van der Waals surface area contributed by atoms with E-state index in [-0.39, 0.29) is 36.5 Å². The van der Waals surface area contributed by atoms with E-state index in [1.54, 1.807) is 54.6 Å². The van der Waals surface area contributed by atoms with Gasteiger partial charge in [-0.05, 0) is 47.9 Å². The highest BCUT2D eigenvalue weighted by Gasteiger charge is 2.14. The number of carbonyl (C=O) groups is 1. The maximum absolute atomic E-state index is 14.1. The fourth-order valence-electron chi connectivity index (χ4n) is 3.27. The summed E-state index contributed by atoms with van der Waals surface area (Å²) in [4.78, 5) is 11.0. The van der Waals surface area contributed by atoms with Gasteiger partial charge < -0.3 is 14.9 Å². The van der Waals surface area contributed by atoms with Crippen LogP contribution in [0, 0.1) is 5.82 Å². The van der Waals surface area contributed by atoms with Gasteiger partial charge in [0.1, 0.15) is 0 Å². The van der Waals surface area contributed by atoms with E-state index in [9.17, 15) is 22.7 Å². The van der Waals surface area contributed by atoms with Crippen molar-refractivity contribution in [2.75, 3.05) is 11.3 Å². The first-order valence-electron chi connectivity index (χ1n) is 10.9. The second kappa shape index (κ2) is 12.1. The van der Waals surface area contributed by atoms with Crippen LogP contribution in [0.3, 0.4) is 0 Å². The Morgan fingerprint density at radius 1 is 1.06 bits per heavy atom. The molecular weight excluding hydrogens is 473 g/mol. The molecule has 184 valence electrons. The number of aryl methyl sites for hydroxylation is 1. The van der Waals surface area contributed by atoms with Crippen molar-refractivity contribution in [3.63, 3.8) is 0 Å². The van der Waals surface area contributed by atoms with Crippen LogP contribution in [0.25, 0.3) is 6.08 Å². The first-order valence-corrected chi connectivity index (χ1v) is 12.4. The summed E-state index contributed by atoms with van der Waals surface area (Å²) >= 11 is 0. The Morgan fingerprint density at radius 2 is 1.80 bits per heavy atom. The van der Waals surface area contributed by atoms with Crippen molar-refractivity contribution in [2.24, 2.45) is 0 Å². The van der Waals surface area contributed by atoms with Crippen molar-refractivity contribution in [1.82, 2.24) is 0 Å². The van der Waals surface area contributed by atoms with Crippen molar-refractivity contribution in [2.45, 2.75) is 30.3 Å². The Kier molecular flexibility index (Phi) is 8.99. The molecule has 3 rings (SSSR count). The van der Waals surface area contributed by atoms with Gasteiger partial charge in [0, 0.05) is 18.5 Å². The molecule has 0 aliphatic carbocycles. The van der Waals surface area contributed by atoms with Gasteiger partial charge in [0.2, 0.25) is 0 Å². The summed E-state index contributed by atoms with van der Waals surface area (Å²) in [6, 6.07) is 19.0. The molecule has 0 heterocycles. The molecule has 3 aromatic carbocycles. The number of ether oxygens (including phenoxy) is 1. The highest BCUT2D eigenvalue weighted by Crippen LogP contribution is 2.24. The first kappa shape index (κ1) is 25.9. The fraction of sp³-hybridized carbons (Fsp3) is 0.192. The zero-order valence-corrected chi connectivity index (χ0v) is 19.6. The minimum absolute atomic E-state index is 0.0108. The van der Waals surface area contributed by atoms with Crippen LogP contribution in [0.4, 0.5) is 10.1 Å². The number of halogens is 1. The highest BCUT2D eigenvalue weighted by atomic mass is 32.2. The number of nitrogens with one attached hydrogen (secondary N) is 1. The summed E-state index contributed by atoms with van der Waals surface area (Å²) in [6.07, 6.45) is 2.44. The number of benzene rings is 3. The van der Waals surface area contributed by atoms with Crippen LogP contribution in [0.2, 0.25) is 0 Å². The second-order valence-electron chi connectivity index (χ2n) is 7.73. The number of anilines is 1. The van der Waals surface area contributed by atoms with Crippen LogP contribution in [-0.2, 0) is 21.2 Å². The summed E-state index contributed by atoms with van der Waals surface area (Å²) in [7, 11) is -3.72. The number of aliphatic carboxylic acids is 1. The standard InChI is InChI=1S/C26H26FNO6S/c27-24-11-5-7-20(13-15-25(30)31)26(24)34-17-16-22(29)14-12-19-6-4-8-21(18-19)28-35(32,33)23-9-2-1-3-10-23/h1-12,14,18,22,28-29H,13,15-17H2,(H,30,31)/b14-12+/t22-/m0/s1. The van der Waals surface area contributed by atoms with E-state index in [2.05, 4.69) is 4.72 Å². The Morgan fingerprint density at radius 3 is 2.54 bits per heavy atom. The Hall–Kier alpha value is -3.69. The number of hydrogen-bond acceptors (Lipinski definition) is 5. The van der Waals surface area contributed by atoms with Crippen molar-refractivity contribution in [3.05, 3.63) is 95.8 Å². The molecule has 0 spiro atoms. The largest absolute Gasteiger partial charge is 0.490 e. The zero-order chi connectivity index (χ0) is 25.3. The fourth-order valence-corrected chi connectivity index (χ4v) is 4.34. The first-order chi connectivity index (χ1) is 16.7. The van der Waals surface area contributed by atoms with Crippen molar-refractivity contribution >= 4 is 27.8 Å². The van der Waals surface area contributed by atoms with Gasteiger partial charge in [-0.15, -0.1) is 0 Å². The maximum Gasteiger partial charge on any atom is 0.303 e. The molecule has 0 aliphatic rings. The number of carboxylic acids is 1. The average Bonchev–Trinajstić information content (AvgIpc) is 2.83. The van der Waals surface area contributed by atoms with E-state index in [1.165, 1.54) is 30.3 Å². The Labute approximate surface area is 203 Å². The minimum Gasteiger partial charge on any atom is -0.490 e. The molecular formula is C26H26FNO6S. The molecule has 0 unspecified atom stereocenters. The molecule has 0 saturated heterocycles. The van der Waals surface area contributed by atoms with Gasteiger partial charge in [-0.3, -0.25) is 9.52 Å². The average molecular weight is 500 g/mol. The van der Waals surface area contributed by atoms with E-state index >= 15 is 0 Å². The molecule has 1 atom stereocenters. The third-order valence-corrected chi connectivity index (χ3v) is 6.42. The number of aliphatic hydroxyl groups excluding tert-OH is 1. The normalized spacial score (nSPS) is 12.4. The summed E-state index contributed by atoms with van der Waals surface area (Å²) in [5, 5.41) is 19.1. The van der Waals surface area contributed by atoms with Crippen molar-refractivity contribution in [3.8, 4) is 5.75 Å². The van der Waals surface area contributed by atoms with Gasteiger partial charge >= 0.3 is 5.97 Å². The smallest absolute Gasteiger partial charge is 0.303 e. The molecule has 0 saturated carbocycles. The van der Waals surface area contributed by atoms with Crippen LogP contribution in [-0.4, -0.2) is 37.3 Å². The number of para-hydroxylation sites is 1. The van der Waals surface area contributed by atoms with Crippen LogP contribution in [0.1, 0.15) is 24.0 Å². The van der Waals surface area contributed by atoms with Crippen LogP contribution >= 0.6 is 0 Å². The lowest BCUT2D eigenvalue weighted by Gasteiger charge is -2.13. The maximum atomic E-state index is 14.1. The predicted molar refractivity (Wildman–Crippen MR) is 131 cm³/mol. The summed E-state index contributed by atoms with van der Waals surface area (Å²) < 4.78 is 47.2. The van der Waals surface area contributed by atoms with Crippen LogP contribution in [0.15, 0.2) is 83.8 Å². The molecule has 9 heteroatoms. The monoisotopic (exact) mass is 499 g/mol. The molecule has 0 aromatic heterocycles. The number of carboxylic acid groups (broad SMARTS) is 1. The van der Waals surface area contributed by atoms with Crippen molar-refractivity contribution in [1.29, 1.82) is 0 Å². The predicted octanol–water partition coefficient (Wildman–Crippen LogP) is 4.49. The summed E-state index contributed by atoms with van der Waals surface area (Å²) in [5.41, 5.74) is 1.50. The molecule has 3 aromatic rings. The third kappa shape index (κ3) is 7.94. The molecule has 0 fully saturated rings. The van der Waals surface area contributed by atoms with Crippen LogP contribution in [0.5, 0.6) is 5.75 Å². The molecule has 0 radical (unpaired) electrons. The number of aliphatic hydroxyl groups is 1. The molecule has 3 N–H and O–H groups in total. The van der Waals surface area contributed by atoms with E-state index in [0.717, 1.165) is 0 Å². The van der Waals surface area contributed by atoms with Gasteiger partial charge in [-0.1, -0.05) is 54.6 Å². The van der Waals surface area contributed by atoms with Gasteiger partial charge in [-0.25, -0.2) is 12.8 Å². The lowest BCUT2D eigenvalue weighted by atomic mass is 10.1. The lowest BCUT2D eigenvalue weighted by Crippen LogP contribution is -2.12. The number of sulfonamides is 1. The summed E-state index contributed by atoms with van der Waals surface area (Å²) in [6.45, 7) is 0.0173. The Bertz CT molecular complexity index is 1280. The van der Waals surface area contributed by atoms with Gasteiger partial charge in [0.25, 0.3) is 10.0 Å². The Balaban J connectivity index is 1.56. The minimum atomic E-state index is -3.72. The second-order valence-corrected chi connectivity index (χ2v) is 9.41. The molecule has 0 amide bonds. The van der Waals surface area contributed by atoms with Crippen LogP contribution < -0.4 is 9.46 Å². The van der Waals surface area contributed by atoms with Gasteiger partial charge in [0.05, 0.1) is 17.6 Å². The lowest BCUT2D eigenvalue weighted by molar-refractivity contribution is -0.136. The zero-order valence-electron chi connectivity index (χ0n) is 18.8. The molecule has 7 nitrogen and oxygen atoms in total. The SMILES string of the molecule is O=C(O)CCc1cccc(F)c1OCC[C@@H](O)/C=C/c1cccc(NS(=O)(=O)c2ccccc2)c1. The number of hydrogen-bond donors (Lipinski definition) is 3. The molecule has 0 aliphatic heterocycles. The van der Waals surface area contributed by atoms with E-state index in [0.29, 0.717) is 16.8 Å². The highest BCUT2D eigenvalue weighted by molar-refractivity contribution is 7.92. The van der Waals surface area contributed by atoms with Gasteiger partial charge in [-0.2, -0.15) is 0 Å². The molecule has 0 bridgehead atoms. The van der Waals surface area contributed by atoms with Crippen molar-refractivity contribution < 1.29 is 32.6 Å². The number of rotatable bonds is 12. The quantitative estimate of drug-likeness (QED) is 0.339. The molecule has 35 heavy (non-hydrogen) atoms. The van der Waals surface area contributed by atoms with E-state index in [1.807, 2.05) is 0 Å². The van der Waals surface area contributed by atoms with E-state index < -0.39 is 27.9 Å². The van der Waals surface area contributed by atoms with E-state index in [4.69, 9.17) is 9.84 Å². The third-order valence-electron chi connectivity index (χ3n) is 5.02. The topological polar surface area (TPSA) is 113 Å². The summed E-state index contributed by atoms with van der Waals surface area (Å²) in [5.74, 6) is -1.59.